The first-order chi connectivity index (χ1) is 14.1. The van der Waals surface area contributed by atoms with E-state index in [1.807, 2.05) is 66.7 Å². The fourth-order valence-electron chi connectivity index (χ4n) is 3.40. The van der Waals surface area contributed by atoms with E-state index in [0.717, 1.165) is 31.4 Å². The number of carbonyl (C=O) groups excluding carboxylic acids is 1. The Balaban J connectivity index is 1.60. The molecule has 0 unspecified atom stereocenters. The van der Waals surface area contributed by atoms with Gasteiger partial charge in [-0.15, -0.1) is 0 Å². The van der Waals surface area contributed by atoms with E-state index in [9.17, 15) is 4.79 Å². The average molecular weight is 517 g/mol. The summed E-state index contributed by atoms with van der Waals surface area (Å²) in [5.74, 6) is 1.38. The van der Waals surface area contributed by atoms with E-state index in [0.29, 0.717) is 29.5 Å². The van der Waals surface area contributed by atoms with Crippen molar-refractivity contribution in [3.05, 3.63) is 97.1 Å². The minimum absolute atomic E-state index is 0.0913. The summed E-state index contributed by atoms with van der Waals surface area (Å²) in [4.78, 5) is 12.7. The number of hydrogen-bond donors (Lipinski definition) is 0. The van der Waals surface area contributed by atoms with E-state index < -0.39 is 0 Å². The lowest BCUT2D eigenvalue weighted by Crippen LogP contribution is -2.01. The third-order valence-electron chi connectivity index (χ3n) is 4.86. The van der Waals surface area contributed by atoms with Crippen LogP contribution in [0.2, 0.25) is 5.02 Å². The van der Waals surface area contributed by atoms with Crippen LogP contribution in [0.4, 0.5) is 0 Å². The van der Waals surface area contributed by atoms with Gasteiger partial charge in [-0.2, -0.15) is 0 Å². The molecule has 0 fully saturated rings. The lowest BCUT2D eigenvalue weighted by Gasteiger charge is -2.14. The number of ether oxygens (including phenoxy) is 2. The van der Waals surface area contributed by atoms with Gasteiger partial charge >= 0.3 is 0 Å². The van der Waals surface area contributed by atoms with Crippen LogP contribution in [-0.4, -0.2) is 12.9 Å². The van der Waals surface area contributed by atoms with Crippen LogP contribution in [0.3, 0.4) is 0 Å². The molecule has 0 amide bonds. The molecule has 3 aromatic rings. The van der Waals surface area contributed by atoms with Crippen LogP contribution in [0, 0.1) is 3.57 Å². The number of fused-ring (bicyclic) bond motifs is 1. The molecule has 3 aromatic carbocycles. The molecule has 0 bridgehead atoms. The van der Waals surface area contributed by atoms with Gasteiger partial charge in [0.25, 0.3) is 0 Å². The van der Waals surface area contributed by atoms with E-state index in [2.05, 4.69) is 22.6 Å². The molecule has 0 spiro atoms. The van der Waals surface area contributed by atoms with Crippen molar-refractivity contribution in [3.8, 4) is 11.5 Å². The number of methoxy groups -OCH3 is 1. The van der Waals surface area contributed by atoms with Crippen LogP contribution in [0.5, 0.6) is 11.5 Å². The quantitative estimate of drug-likeness (QED) is 0.293. The summed E-state index contributed by atoms with van der Waals surface area (Å²) in [5.41, 5.74) is 4.47. The van der Waals surface area contributed by atoms with E-state index in [1.165, 1.54) is 0 Å². The molecule has 0 aromatic heterocycles. The molecule has 146 valence electrons. The molecule has 29 heavy (non-hydrogen) atoms. The maximum Gasteiger partial charge on any atom is 0.189 e. The highest BCUT2D eigenvalue weighted by atomic mass is 127. The second-order valence-corrected chi connectivity index (χ2v) is 8.32. The number of ketones is 1. The van der Waals surface area contributed by atoms with Gasteiger partial charge in [0.05, 0.1) is 10.7 Å². The highest BCUT2D eigenvalue weighted by Gasteiger charge is 2.24. The fourth-order valence-corrected chi connectivity index (χ4v) is 4.37. The van der Waals surface area contributed by atoms with Gasteiger partial charge in [-0.1, -0.05) is 54.1 Å². The van der Waals surface area contributed by atoms with Crippen molar-refractivity contribution in [1.29, 1.82) is 0 Å². The molecule has 0 heterocycles. The summed E-state index contributed by atoms with van der Waals surface area (Å²) in [5, 5.41) is 0.669. The van der Waals surface area contributed by atoms with Gasteiger partial charge in [0.15, 0.2) is 17.3 Å². The minimum Gasteiger partial charge on any atom is -0.493 e. The molecule has 0 aliphatic heterocycles. The molecule has 0 atom stereocenters. The maximum atomic E-state index is 12.7. The van der Waals surface area contributed by atoms with Crippen LogP contribution < -0.4 is 9.47 Å². The second-order valence-electron chi connectivity index (χ2n) is 6.75. The molecule has 5 heteroatoms. The Labute approximate surface area is 188 Å². The van der Waals surface area contributed by atoms with Gasteiger partial charge in [-0.3, -0.25) is 4.79 Å². The Morgan fingerprint density at radius 1 is 1.10 bits per heavy atom. The molecule has 0 saturated carbocycles. The van der Waals surface area contributed by atoms with Crippen LogP contribution >= 0.6 is 34.2 Å². The predicted molar refractivity (Wildman–Crippen MR) is 124 cm³/mol. The van der Waals surface area contributed by atoms with Crippen molar-refractivity contribution in [2.75, 3.05) is 7.11 Å². The molecular formula is C24H18ClIO3. The smallest absolute Gasteiger partial charge is 0.189 e. The number of halogens is 2. The van der Waals surface area contributed by atoms with Crippen molar-refractivity contribution < 1.29 is 14.3 Å². The SMILES string of the molecule is COc1cc(/C=C2\Cc3ccccc3C2=O)cc(I)c1OCc1ccccc1Cl. The first-order valence-electron chi connectivity index (χ1n) is 9.13. The molecule has 0 N–H and O–H groups in total. The first-order valence-corrected chi connectivity index (χ1v) is 10.6. The third-order valence-corrected chi connectivity index (χ3v) is 6.03. The highest BCUT2D eigenvalue weighted by molar-refractivity contribution is 14.1. The molecular weight excluding hydrogens is 499 g/mol. The number of rotatable bonds is 5. The van der Waals surface area contributed by atoms with Crippen molar-refractivity contribution in [2.24, 2.45) is 0 Å². The Hall–Kier alpha value is -2.31. The van der Waals surface area contributed by atoms with Crippen molar-refractivity contribution >= 4 is 46.1 Å². The summed E-state index contributed by atoms with van der Waals surface area (Å²) in [6.45, 7) is 0.347. The number of benzene rings is 3. The van der Waals surface area contributed by atoms with Gasteiger partial charge in [-0.05, 0) is 58.0 Å². The summed E-state index contributed by atoms with van der Waals surface area (Å²) in [6, 6.07) is 19.2. The zero-order valence-corrected chi connectivity index (χ0v) is 18.7. The van der Waals surface area contributed by atoms with Gasteiger partial charge < -0.3 is 9.47 Å². The van der Waals surface area contributed by atoms with Crippen LogP contribution in [0.1, 0.15) is 27.0 Å². The zero-order chi connectivity index (χ0) is 20.4. The normalized spacial score (nSPS) is 14.2. The van der Waals surface area contributed by atoms with Gasteiger partial charge in [0, 0.05) is 28.1 Å². The largest absolute Gasteiger partial charge is 0.493 e. The number of carbonyl (C=O) groups is 1. The molecule has 1 aliphatic carbocycles. The lowest BCUT2D eigenvalue weighted by atomic mass is 10.1. The van der Waals surface area contributed by atoms with E-state index >= 15 is 0 Å². The summed E-state index contributed by atoms with van der Waals surface area (Å²) in [6.07, 6.45) is 2.59. The topological polar surface area (TPSA) is 35.5 Å². The average Bonchev–Trinajstić information content (AvgIpc) is 3.03. The van der Waals surface area contributed by atoms with Crippen LogP contribution in [0.15, 0.2) is 66.2 Å². The van der Waals surface area contributed by atoms with E-state index in [-0.39, 0.29) is 5.78 Å². The second kappa shape index (κ2) is 8.59. The highest BCUT2D eigenvalue weighted by Crippen LogP contribution is 2.36. The number of Topliss-reactive ketones (excluding diaryl/α,β-unsaturated/α-hetero) is 1. The first kappa shape index (κ1) is 20.0. The number of hydrogen-bond acceptors (Lipinski definition) is 3. The standard InChI is InChI=1S/C24H18ClIO3/c1-28-22-12-15(10-18-13-16-6-2-4-8-19(16)23(18)27)11-21(26)24(22)29-14-17-7-3-5-9-20(17)25/h2-12H,13-14H2,1H3/b18-10+. The summed E-state index contributed by atoms with van der Waals surface area (Å²) in [7, 11) is 1.61. The summed E-state index contributed by atoms with van der Waals surface area (Å²) >= 11 is 8.45. The Kier molecular flexibility index (Phi) is 5.92. The van der Waals surface area contributed by atoms with Gasteiger partial charge in [0.2, 0.25) is 0 Å². The van der Waals surface area contributed by atoms with Crippen molar-refractivity contribution in [2.45, 2.75) is 13.0 Å². The Morgan fingerprint density at radius 2 is 1.86 bits per heavy atom. The predicted octanol–water partition coefficient (Wildman–Crippen LogP) is 6.35. The molecule has 0 saturated heterocycles. The Morgan fingerprint density at radius 3 is 2.62 bits per heavy atom. The molecule has 1 aliphatic rings. The van der Waals surface area contributed by atoms with Crippen molar-refractivity contribution in [1.82, 2.24) is 0 Å². The number of allylic oxidation sites excluding steroid dienone is 1. The fraction of sp³-hybridized carbons (Fsp3) is 0.125. The van der Waals surface area contributed by atoms with Crippen molar-refractivity contribution in [3.63, 3.8) is 0 Å². The third kappa shape index (κ3) is 4.19. The van der Waals surface area contributed by atoms with Crippen LogP contribution in [0.25, 0.3) is 6.08 Å². The van der Waals surface area contributed by atoms with E-state index in [1.54, 1.807) is 7.11 Å². The van der Waals surface area contributed by atoms with Gasteiger partial charge in [-0.25, -0.2) is 0 Å². The molecule has 0 radical (unpaired) electrons. The molecule has 3 nitrogen and oxygen atoms in total. The zero-order valence-electron chi connectivity index (χ0n) is 15.7. The summed E-state index contributed by atoms with van der Waals surface area (Å²) < 4.78 is 12.5. The Bertz CT molecular complexity index is 1120. The molecule has 4 rings (SSSR count). The van der Waals surface area contributed by atoms with E-state index in [4.69, 9.17) is 21.1 Å². The van der Waals surface area contributed by atoms with Crippen LogP contribution in [-0.2, 0) is 13.0 Å². The monoisotopic (exact) mass is 516 g/mol. The lowest BCUT2D eigenvalue weighted by molar-refractivity contribution is 0.104. The van der Waals surface area contributed by atoms with Gasteiger partial charge in [0.1, 0.15) is 6.61 Å². The maximum absolute atomic E-state index is 12.7. The minimum atomic E-state index is 0.0913.